The fourth-order valence-corrected chi connectivity index (χ4v) is 1.67. The maximum Gasteiger partial charge on any atom is 0.274 e. The molecule has 92 valence electrons. The second-order valence-electron chi connectivity index (χ2n) is 3.99. The number of H-pyrrole nitrogens is 1. The van der Waals surface area contributed by atoms with Crippen molar-refractivity contribution in [2.75, 3.05) is 20.1 Å². The fraction of sp³-hybridized carbons (Fsp3) is 0.500. The average Bonchev–Trinajstić information content (AvgIpc) is 2.75. The molecule has 0 bridgehead atoms. The minimum Gasteiger partial charge on any atom is -0.330 e. The molecule has 3 N–H and O–H groups in total. The Morgan fingerprint density at radius 2 is 2.41 bits per heavy atom. The molecule has 0 saturated heterocycles. The monoisotopic (exact) mass is 236 g/mol. The number of aromatic amines is 1. The largest absolute Gasteiger partial charge is 0.330 e. The number of hydrogen-bond acceptors (Lipinski definition) is 5. The van der Waals surface area contributed by atoms with Crippen LogP contribution in [-0.4, -0.2) is 44.6 Å². The van der Waals surface area contributed by atoms with Crippen LogP contribution in [0.3, 0.4) is 0 Å². The van der Waals surface area contributed by atoms with Crippen molar-refractivity contribution < 1.29 is 0 Å². The molecule has 2 heterocycles. The molecule has 17 heavy (non-hydrogen) atoms. The zero-order valence-electron chi connectivity index (χ0n) is 9.76. The second-order valence-corrected chi connectivity index (χ2v) is 3.99. The molecule has 0 saturated carbocycles. The second kappa shape index (κ2) is 5.07. The van der Waals surface area contributed by atoms with Crippen LogP contribution in [0.5, 0.6) is 0 Å². The maximum atomic E-state index is 11.7. The summed E-state index contributed by atoms with van der Waals surface area (Å²) in [6, 6.07) is 1.52. The van der Waals surface area contributed by atoms with Gasteiger partial charge in [0.1, 0.15) is 6.33 Å². The van der Waals surface area contributed by atoms with E-state index < -0.39 is 0 Å². The van der Waals surface area contributed by atoms with Crippen LogP contribution in [0.15, 0.2) is 17.2 Å². The zero-order chi connectivity index (χ0) is 12.3. The summed E-state index contributed by atoms with van der Waals surface area (Å²) in [6.07, 6.45) is 2.38. The van der Waals surface area contributed by atoms with Crippen molar-refractivity contribution in [3.8, 4) is 0 Å². The number of fused-ring (bicyclic) bond motifs is 1. The molecular weight excluding hydrogens is 220 g/mol. The number of hydrogen-bond donors (Lipinski definition) is 2. The van der Waals surface area contributed by atoms with Crippen LogP contribution in [0.1, 0.15) is 12.1 Å². The van der Waals surface area contributed by atoms with E-state index in [1.165, 1.54) is 16.9 Å². The molecule has 0 radical (unpaired) electrons. The van der Waals surface area contributed by atoms with Gasteiger partial charge in [-0.2, -0.15) is 4.52 Å². The third-order valence-electron chi connectivity index (χ3n) is 2.50. The van der Waals surface area contributed by atoms with Gasteiger partial charge >= 0.3 is 0 Å². The lowest BCUT2D eigenvalue weighted by atomic mass is 10.3. The molecule has 7 nitrogen and oxygen atoms in total. The molecule has 0 aliphatic heterocycles. The Labute approximate surface area is 98.3 Å². The van der Waals surface area contributed by atoms with E-state index >= 15 is 0 Å². The normalized spacial score (nSPS) is 11.5. The van der Waals surface area contributed by atoms with Gasteiger partial charge < -0.3 is 10.6 Å². The van der Waals surface area contributed by atoms with Crippen LogP contribution in [0.4, 0.5) is 0 Å². The molecule has 0 aliphatic rings. The van der Waals surface area contributed by atoms with Gasteiger partial charge in [-0.1, -0.05) is 0 Å². The average molecular weight is 236 g/mol. The smallest absolute Gasteiger partial charge is 0.274 e. The first-order chi connectivity index (χ1) is 8.20. The summed E-state index contributed by atoms with van der Waals surface area (Å²) < 4.78 is 1.31. The molecule has 0 fully saturated rings. The Kier molecular flexibility index (Phi) is 3.50. The van der Waals surface area contributed by atoms with Crippen LogP contribution < -0.4 is 11.3 Å². The number of nitrogens with two attached hydrogens (primary N) is 1. The predicted octanol–water partition coefficient (Wildman–Crippen LogP) is -0.802. The zero-order valence-corrected chi connectivity index (χ0v) is 9.76. The van der Waals surface area contributed by atoms with Gasteiger partial charge in [0.15, 0.2) is 0 Å². The molecule has 0 aliphatic carbocycles. The van der Waals surface area contributed by atoms with Crippen molar-refractivity contribution in [3.63, 3.8) is 0 Å². The van der Waals surface area contributed by atoms with E-state index in [-0.39, 0.29) is 5.56 Å². The van der Waals surface area contributed by atoms with Gasteiger partial charge in [-0.25, -0.2) is 9.97 Å². The van der Waals surface area contributed by atoms with Crippen molar-refractivity contribution in [1.82, 2.24) is 24.5 Å². The van der Waals surface area contributed by atoms with Crippen molar-refractivity contribution in [1.29, 1.82) is 0 Å². The first kappa shape index (κ1) is 11.7. The number of nitrogens with zero attached hydrogens (tertiary/aromatic N) is 4. The van der Waals surface area contributed by atoms with Gasteiger partial charge in [-0.05, 0) is 26.6 Å². The molecular formula is C10H16N6O. The molecule has 2 aromatic rings. The third-order valence-corrected chi connectivity index (χ3v) is 2.50. The van der Waals surface area contributed by atoms with Gasteiger partial charge in [-0.3, -0.25) is 9.89 Å². The van der Waals surface area contributed by atoms with Gasteiger partial charge in [-0.15, -0.1) is 0 Å². The Morgan fingerprint density at radius 3 is 3.18 bits per heavy atom. The summed E-state index contributed by atoms with van der Waals surface area (Å²) in [5.41, 5.74) is 6.03. The van der Waals surface area contributed by atoms with E-state index in [4.69, 9.17) is 5.73 Å². The number of rotatable bonds is 5. The van der Waals surface area contributed by atoms with Crippen molar-refractivity contribution in [2.24, 2.45) is 5.73 Å². The summed E-state index contributed by atoms with van der Waals surface area (Å²) >= 11 is 0. The highest BCUT2D eigenvalue weighted by Gasteiger charge is 2.06. The lowest BCUT2D eigenvalue weighted by molar-refractivity contribution is 0.320. The molecule has 0 unspecified atom stereocenters. The Bertz CT molecular complexity index is 545. The molecule has 7 heteroatoms. The fourth-order valence-electron chi connectivity index (χ4n) is 1.67. The van der Waals surface area contributed by atoms with E-state index in [1.807, 2.05) is 7.05 Å². The molecule has 2 rings (SSSR count). The summed E-state index contributed by atoms with van der Waals surface area (Å²) in [4.78, 5) is 22.0. The highest BCUT2D eigenvalue weighted by molar-refractivity contribution is 5.25. The van der Waals surface area contributed by atoms with Gasteiger partial charge in [0, 0.05) is 12.6 Å². The SMILES string of the molecule is CN(CCCN)Cc1cc(=O)n2[nH]cnc2n1. The Balaban J connectivity index is 2.16. The first-order valence-corrected chi connectivity index (χ1v) is 5.51. The van der Waals surface area contributed by atoms with Crippen LogP contribution in [0, 0.1) is 0 Å². The molecule has 0 amide bonds. The minimum atomic E-state index is -0.144. The van der Waals surface area contributed by atoms with Crippen molar-refractivity contribution in [3.05, 3.63) is 28.4 Å². The quantitative estimate of drug-likeness (QED) is 0.709. The van der Waals surface area contributed by atoms with Gasteiger partial charge in [0.2, 0.25) is 0 Å². The minimum absolute atomic E-state index is 0.144. The van der Waals surface area contributed by atoms with Gasteiger partial charge in [0.05, 0.1) is 5.69 Å². The Morgan fingerprint density at radius 1 is 1.59 bits per heavy atom. The molecule has 0 spiro atoms. The summed E-state index contributed by atoms with van der Waals surface area (Å²) in [6.45, 7) is 2.18. The predicted molar refractivity (Wildman–Crippen MR) is 63.6 cm³/mol. The maximum absolute atomic E-state index is 11.7. The lowest BCUT2D eigenvalue weighted by Gasteiger charge is -2.14. The van der Waals surface area contributed by atoms with E-state index in [0.717, 1.165) is 18.7 Å². The van der Waals surface area contributed by atoms with E-state index in [1.54, 1.807) is 0 Å². The summed E-state index contributed by atoms with van der Waals surface area (Å²) in [7, 11) is 1.98. The first-order valence-electron chi connectivity index (χ1n) is 5.51. The van der Waals surface area contributed by atoms with E-state index in [9.17, 15) is 4.79 Å². The highest BCUT2D eigenvalue weighted by atomic mass is 16.1. The summed E-state index contributed by atoms with van der Waals surface area (Å²) in [5, 5.41) is 2.70. The Hall–Kier alpha value is -1.73. The van der Waals surface area contributed by atoms with Crippen LogP contribution in [-0.2, 0) is 6.54 Å². The summed E-state index contributed by atoms with van der Waals surface area (Å²) in [5.74, 6) is 0.403. The van der Waals surface area contributed by atoms with Crippen molar-refractivity contribution >= 4 is 5.78 Å². The molecule has 2 aromatic heterocycles. The van der Waals surface area contributed by atoms with Crippen LogP contribution in [0.2, 0.25) is 0 Å². The van der Waals surface area contributed by atoms with Gasteiger partial charge in [0.25, 0.3) is 11.3 Å². The van der Waals surface area contributed by atoms with E-state index in [2.05, 4.69) is 20.0 Å². The standard InChI is InChI=1S/C10H16N6O/c1-15(4-2-3-11)6-8-5-9(17)16-10(14-8)12-7-13-16/h5,7H,2-4,6,11H2,1H3,(H,12,13,14). The third kappa shape index (κ3) is 2.69. The lowest BCUT2D eigenvalue weighted by Crippen LogP contribution is -2.24. The van der Waals surface area contributed by atoms with Crippen LogP contribution >= 0.6 is 0 Å². The topological polar surface area (TPSA) is 92.3 Å². The number of aromatic nitrogens is 4. The molecule has 0 atom stereocenters. The number of nitrogens with one attached hydrogen (secondary N) is 1. The van der Waals surface area contributed by atoms with Crippen LogP contribution in [0.25, 0.3) is 5.78 Å². The van der Waals surface area contributed by atoms with Crippen molar-refractivity contribution in [2.45, 2.75) is 13.0 Å². The van der Waals surface area contributed by atoms with E-state index in [0.29, 0.717) is 18.9 Å². The molecule has 0 aromatic carbocycles. The highest BCUT2D eigenvalue weighted by Crippen LogP contribution is 1.99.